The molecule has 5 heteroatoms. The van der Waals surface area contributed by atoms with Crippen LogP contribution in [0.1, 0.15) is 5.56 Å². The van der Waals surface area contributed by atoms with Crippen molar-refractivity contribution in [2.24, 2.45) is 0 Å². The molecule has 0 aliphatic rings. The van der Waals surface area contributed by atoms with E-state index in [0.29, 0.717) is 5.56 Å². The van der Waals surface area contributed by atoms with Gasteiger partial charge in [-0.3, -0.25) is 0 Å². The SMILES string of the molecule is Fc1ccccc1/C=C/CSC(F)(F)F. The van der Waals surface area contributed by atoms with Crippen LogP contribution < -0.4 is 0 Å². The Bertz CT molecular complexity index is 344. The van der Waals surface area contributed by atoms with Gasteiger partial charge in [-0.2, -0.15) is 13.2 Å². The summed E-state index contributed by atoms with van der Waals surface area (Å²) in [4.78, 5) is 0. The Hall–Kier alpha value is -0.970. The minimum Gasteiger partial charge on any atom is -0.206 e. The zero-order valence-corrected chi connectivity index (χ0v) is 8.41. The van der Waals surface area contributed by atoms with Crippen molar-refractivity contribution in [3.05, 3.63) is 41.7 Å². The minimum atomic E-state index is -4.24. The van der Waals surface area contributed by atoms with E-state index in [1.807, 2.05) is 0 Å². The van der Waals surface area contributed by atoms with Gasteiger partial charge in [-0.25, -0.2) is 4.39 Å². The average Bonchev–Trinajstić information content (AvgIpc) is 2.13. The van der Waals surface area contributed by atoms with E-state index in [4.69, 9.17) is 0 Å². The van der Waals surface area contributed by atoms with Crippen LogP contribution in [0, 0.1) is 5.82 Å². The molecule has 1 rings (SSSR count). The lowest BCUT2D eigenvalue weighted by molar-refractivity contribution is -0.0326. The molecule has 0 aromatic heterocycles. The van der Waals surface area contributed by atoms with Crippen LogP contribution in [0.25, 0.3) is 6.08 Å². The van der Waals surface area contributed by atoms with Gasteiger partial charge in [0.05, 0.1) is 0 Å². The first-order valence-electron chi connectivity index (χ1n) is 4.11. The van der Waals surface area contributed by atoms with Crippen LogP contribution in [0.4, 0.5) is 17.6 Å². The van der Waals surface area contributed by atoms with Crippen LogP contribution in [-0.4, -0.2) is 11.3 Å². The number of hydrogen-bond donors (Lipinski definition) is 0. The predicted molar refractivity (Wildman–Crippen MR) is 53.9 cm³/mol. The average molecular weight is 236 g/mol. The highest BCUT2D eigenvalue weighted by Gasteiger charge is 2.26. The summed E-state index contributed by atoms with van der Waals surface area (Å²) in [6, 6.07) is 5.91. The van der Waals surface area contributed by atoms with Crippen molar-refractivity contribution < 1.29 is 17.6 Å². The Morgan fingerprint density at radius 2 is 1.87 bits per heavy atom. The van der Waals surface area contributed by atoms with Gasteiger partial charge in [0.1, 0.15) is 5.82 Å². The number of alkyl halides is 3. The summed E-state index contributed by atoms with van der Waals surface area (Å²) >= 11 is -0.151. The summed E-state index contributed by atoms with van der Waals surface area (Å²) < 4.78 is 48.1. The highest BCUT2D eigenvalue weighted by molar-refractivity contribution is 8.00. The third kappa shape index (κ3) is 4.88. The quantitative estimate of drug-likeness (QED) is 0.712. The van der Waals surface area contributed by atoms with Gasteiger partial charge in [0.2, 0.25) is 0 Å². The highest BCUT2D eigenvalue weighted by atomic mass is 32.2. The first-order chi connectivity index (χ1) is 6.99. The summed E-state index contributed by atoms with van der Waals surface area (Å²) in [6.07, 6.45) is 2.63. The molecular weight excluding hydrogens is 228 g/mol. The lowest BCUT2D eigenvalue weighted by Crippen LogP contribution is -1.99. The first kappa shape index (κ1) is 12.1. The van der Waals surface area contributed by atoms with E-state index in [9.17, 15) is 17.6 Å². The van der Waals surface area contributed by atoms with Crippen LogP contribution in [0.2, 0.25) is 0 Å². The van der Waals surface area contributed by atoms with Crippen molar-refractivity contribution in [2.45, 2.75) is 5.51 Å². The fraction of sp³-hybridized carbons (Fsp3) is 0.200. The zero-order chi connectivity index (χ0) is 11.3. The molecule has 15 heavy (non-hydrogen) atoms. The van der Waals surface area contributed by atoms with E-state index in [1.54, 1.807) is 6.07 Å². The number of thioether (sulfide) groups is 1. The van der Waals surface area contributed by atoms with E-state index in [-0.39, 0.29) is 17.5 Å². The van der Waals surface area contributed by atoms with Crippen LogP contribution in [0.3, 0.4) is 0 Å². The van der Waals surface area contributed by atoms with Crippen molar-refractivity contribution in [1.29, 1.82) is 0 Å². The standard InChI is InChI=1S/C10H8F4S/c11-9-6-2-1-4-8(9)5-3-7-15-10(12,13)14/h1-6H,7H2/b5-3+. The molecular formula is C10H8F4S. The molecule has 0 amide bonds. The van der Waals surface area contributed by atoms with Crippen LogP contribution in [0.5, 0.6) is 0 Å². The molecule has 0 atom stereocenters. The van der Waals surface area contributed by atoms with Crippen molar-refractivity contribution in [3.63, 3.8) is 0 Å². The molecule has 0 N–H and O–H groups in total. The second-order valence-corrected chi connectivity index (χ2v) is 3.77. The largest absolute Gasteiger partial charge is 0.442 e. The number of halogens is 4. The van der Waals surface area contributed by atoms with Crippen LogP contribution in [0.15, 0.2) is 30.3 Å². The van der Waals surface area contributed by atoms with E-state index in [0.717, 1.165) is 0 Å². The molecule has 0 spiro atoms. The summed E-state index contributed by atoms with van der Waals surface area (Å²) in [5, 5.41) is 0. The topological polar surface area (TPSA) is 0 Å². The van der Waals surface area contributed by atoms with Crippen molar-refractivity contribution >= 4 is 17.8 Å². The Morgan fingerprint density at radius 1 is 1.20 bits per heavy atom. The molecule has 0 unspecified atom stereocenters. The third-order valence-electron chi connectivity index (χ3n) is 1.55. The fourth-order valence-electron chi connectivity index (χ4n) is 0.928. The van der Waals surface area contributed by atoms with E-state index >= 15 is 0 Å². The molecule has 0 fully saturated rings. The molecule has 1 aromatic rings. The number of hydrogen-bond acceptors (Lipinski definition) is 1. The molecule has 0 nitrogen and oxygen atoms in total. The summed E-state index contributed by atoms with van der Waals surface area (Å²) in [5.74, 6) is -0.650. The van der Waals surface area contributed by atoms with E-state index in [2.05, 4.69) is 0 Å². The van der Waals surface area contributed by atoms with Gasteiger partial charge >= 0.3 is 5.51 Å². The Kier molecular flexibility index (Phi) is 4.20. The molecule has 0 saturated carbocycles. The predicted octanol–water partition coefficient (Wildman–Crippen LogP) is 4.09. The van der Waals surface area contributed by atoms with Crippen molar-refractivity contribution in [3.8, 4) is 0 Å². The molecule has 0 aliphatic heterocycles. The molecule has 0 heterocycles. The second-order valence-electron chi connectivity index (χ2n) is 2.68. The molecule has 0 saturated heterocycles. The smallest absolute Gasteiger partial charge is 0.206 e. The zero-order valence-electron chi connectivity index (χ0n) is 7.59. The maximum atomic E-state index is 13.0. The van der Waals surface area contributed by atoms with Gasteiger partial charge in [0.15, 0.2) is 0 Å². The lowest BCUT2D eigenvalue weighted by Gasteiger charge is -2.01. The van der Waals surface area contributed by atoms with E-state index < -0.39 is 11.3 Å². The van der Waals surface area contributed by atoms with Gasteiger partial charge in [0.25, 0.3) is 0 Å². The third-order valence-corrected chi connectivity index (χ3v) is 2.23. The first-order valence-corrected chi connectivity index (χ1v) is 5.09. The Balaban J connectivity index is 2.49. The van der Waals surface area contributed by atoms with Gasteiger partial charge < -0.3 is 0 Å². The Morgan fingerprint density at radius 3 is 2.47 bits per heavy atom. The molecule has 0 radical (unpaired) electrons. The number of benzene rings is 1. The Labute approximate surface area is 89.0 Å². The minimum absolute atomic E-state index is 0.151. The summed E-state index contributed by atoms with van der Waals surface area (Å²) in [5.41, 5.74) is -3.94. The summed E-state index contributed by atoms with van der Waals surface area (Å²) in [6.45, 7) is 0. The summed E-state index contributed by atoms with van der Waals surface area (Å²) in [7, 11) is 0. The number of rotatable bonds is 3. The molecule has 82 valence electrons. The van der Waals surface area contributed by atoms with E-state index in [1.165, 1.54) is 30.4 Å². The van der Waals surface area contributed by atoms with Crippen molar-refractivity contribution in [1.82, 2.24) is 0 Å². The molecule has 1 aromatic carbocycles. The van der Waals surface area contributed by atoms with Crippen molar-refractivity contribution in [2.75, 3.05) is 5.75 Å². The maximum Gasteiger partial charge on any atom is 0.442 e. The van der Waals surface area contributed by atoms with Gasteiger partial charge in [-0.15, -0.1) is 0 Å². The fourth-order valence-corrected chi connectivity index (χ4v) is 1.31. The van der Waals surface area contributed by atoms with Gasteiger partial charge in [-0.05, 0) is 17.8 Å². The normalized spacial score (nSPS) is 12.3. The molecule has 0 bridgehead atoms. The second kappa shape index (κ2) is 5.21. The van der Waals surface area contributed by atoms with Gasteiger partial charge in [-0.1, -0.05) is 30.4 Å². The monoisotopic (exact) mass is 236 g/mol. The maximum absolute atomic E-state index is 13.0. The van der Waals surface area contributed by atoms with Crippen LogP contribution >= 0.6 is 11.8 Å². The van der Waals surface area contributed by atoms with Gasteiger partial charge in [0, 0.05) is 11.3 Å². The van der Waals surface area contributed by atoms with Crippen LogP contribution in [-0.2, 0) is 0 Å². The highest BCUT2D eigenvalue weighted by Crippen LogP contribution is 2.30. The lowest BCUT2D eigenvalue weighted by atomic mass is 10.2. The molecule has 0 aliphatic carbocycles.